The lowest BCUT2D eigenvalue weighted by Crippen LogP contribution is -2.37. The molecule has 0 bridgehead atoms. The molecule has 24 heavy (non-hydrogen) atoms. The lowest BCUT2D eigenvalue weighted by atomic mass is 9.97. The van der Waals surface area contributed by atoms with E-state index in [1.807, 2.05) is 25.2 Å². The lowest BCUT2D eigenvalue weighted by molar-refractivity contribution is 0.461. The van der Waals surface area contributed by atoms with Gasteiger partial charge in [-0.15, -0.1) is 0 Å². The number of anilines is 2. The fraction of sp³-hybridized carbons (Fsp3) is 0.611. The van der Waals surface area contributed by atoms with Crippen molar-refractivity contribution in [2.45, 2.75) is 38.1 Å². The van der Waals surface area contributed by atoms with E-state index in [2.05, 4.69) is 25.6 Å². The summed E-state index contributed by atoms with van der Waals surface area (Å²) in [7, 11) is 4.05. The first-order valence-corrected chi connectivity index (χ1v) is 8.96. The van der Waals surface area contributed by atoms with Crippen LogP contribution in [-0.2, 0) is 6.54 Å². The summed E-state index contributed by atoms with van der Waals surface area (Å²) < 4.78 is 2.38. The van der Waals surface area contributed by atoms with E-state index in [0.717, 1.165) is 37.2 Å². The van der Waals surface area contributed by atoms with E-state index in [0.29, 0.717) is 5.92 Å². The van der Waals surface area contributed by atoms with Crippen molar-refractivity contribution in [3.05, 3.63) is 30.6 Å². The van der Waals surface area contributed by atoms with Gasteiger partial charge in [0.25, 0.3) is 0 Å². The number of nitrogens with zero attached hydrogens (tertiary/aromatic N) is 6. The number of aromatic nitrogens is 4. The second-order valence-corrected chi connectivity index (χ2v) is 7.26. The van der Waals surface area contributed by atoms with Gasteiger partial charge in [0.1, 0.15) is 5.82 Å². The van der Waals surface area contributed by atoms with Gasteiger partial charge in [-0.05, 0) is 31.6 Å². The second kappa shape index (κ2) is 6.42. The molecule has 1 aliphatic heterocycles. The monoisotopic (exact) mass is 326 g/mol. The molecule has 1 atom stereocenters. The molecule has 0 aromatic carbocycles. The van der Waals surface area contributed by atoms with Gasteiger partial charge in [-0.25, -0.2) is 15.0 Å². The van der Waals surface area contributed by atoms with Crippen molar-refractivity contribution in [3.8, 4) is 0 Å². The molecule has 1 aliphatic carbocycles. The van der Waals surface area contributed by atoms with Crippen LogP contribution in [0.5, 0.6) is 0 Å². The van der Waals surface area contributed by atoms with Crippen molar-refractivity contribution in [1.29, 1.82) is 0 Å². The average molecular weight is 326 g/mol. The second-order valence-electron chi connectivity index (χ2n) is 7.26. The first kappa shape index (κ1) is 15.4. The largest absolute Gasteiger partial charge is 0.360 e. The minimum atomic E-state index is 0.476. The SMILES string of the molecule is CN(C)c1nccnc1N1CCC[C@H](c2nccn2CC2CC2)C1. The van der Waals surface area contributed by atoms with Gasteiger partial charge in [0.05, 0.1) is 0 Å². The van der Waals surface area contributed by atoms with Gasteiger partial charge in [0.2, 0.25) is 0 Å². The van der Waals surface area contributed by atoms with Gasteiger partial charge in [0, 0.05) is 64.4 Å². The van der Waals surface area contributed by atoms with Crippen molar-refractivity contribution in [1.82, 2.24) is 19.5 Å². The third kappa shape index (κ3) is 3.09. The lowest BCUT2D eigenvalue weighted by Gasteiger charge is -2.34. The molecule has 2 fully saturated rings. The average Bonchev–Trinajstić information content (AvgIpc) is 3.30. The van der Waals surface area contributed by atoms with E-state index in [9.17, 15) is 0 Å². The van der Waals surface area contributed by atoms with Crippen LogP contribution in [0.3, 0.4) is 0 Å². The maximum atomic E-state index is 4.70. The zero-order chi connectivity index (χ0) is 16.5. The number of hydrogen-bond acceptors (Lipinski definition) is 5. The molecule has 0 unspecified atom stereocenters. The minimum Gasteiger partial charge on any atom is -0.360 e. The molecular formula is C18H26N6. The molecule has 2 aromatic rings. The Morgan fingerprint density at radius 3 is 2.71 bits per heavy atom. The third-order valence-corrected chi connectivity index (χ3v) is 5.07. The Morgan fingerprint density at radius 1 is 1.08 bits per heavy atom. The Bertz CT molecular complexity index is 690. The van der Waals surface area contributed by atoms with Crippen LogP contribution in [0, 0.1) is 5.92 Å². The summed E-state index contributed by atoms with van der Waals surface area (Å²) in [6, 6.07) is 0. The van der Waals surface area contributed by atoms with E-state index >= 15 is 0 Å². The van der Waals surface area contributed by atoms with E-state index in [1.165, 1.54) is 31.5 Å². The number of hydrogen-bond donors (Lipinski definition) is 0. The number of rotatable bonds is 5. The quantitative estimate of drug-likeness (QED) is 0.845. The van der Waals surface area contributed by atoms with Crippen LogP contribution < -0.4 is 9.80 Å². The van der Waals surface area contributed by atoms with Gasteiger partial charge >= 0.3 is 0 Å². The van der Waals surface area contributed by atoms with E-state index in [4.69, 9.17) is 4.98 Å². The van der Waals surface area contributed by atoms with Crippen LogP contribution in [0.25, 0.3) is 0 Å². The standard InChI is InChI=1S/C18H26N6/c1-22(2)17-18(20-8-7-19-17)23-10-3-4-15(13-23)16-21-9-11-24(16)12-14-5-6-14/h7-9,11,14-15H,3-6,10,12-13H2,1-2H3/t15-/m0/s1. The molecule has 0 amide bonds. The van der Waals surface area contributed by atoms with Crippen molar-refractivity contribution < 1.29 is 0 Å². The molecule has 6 heteroatoms. The summed E-state index contributed by atoms with van der Waals surface area (Å²) in [5.74, 6) is 4.54. The Labute approximate surface area is 143 Å². The van der Waals surface area contributed by atoms with Crippen LogP contribution in [0.1, 0.15) is 37.4 Å². The summed E-state index contributed by atoms with van der Waals surface area (Å²) >= 11 is 0. The highest BCUT2D eigenvalue weighted by Gasteiger charge is 2.29. The Balaban J connectivity index is 1.55. The molecule has 0 spiro atoms. The topological polar surface area (TPSA) is 50.1 Å². The predicted octanol–water partition coefficient (Wildman–Crippen LogP) is 2.53. The molecule has 2 aliphatic rings. The molecule has 1 saturated heterocycles. The molecule has 128 valence electrons. The highest BCUT2D eigenvalue weighted by molar-refractivity contribution is 5.61. The number of imidazole rings is 1. The van der Waals surface area contributed by atoms with Crippen molar-refractivity contribution in [2.75, 3.05) is 37.0 Å². The zero-order valence-electron chi connectivity index (χ0n) is 14.6. The molecule has 0 radical (unpaired) electrons. The Hall–Kier alpha value is -2.11. The maximum absolute atomic E-state index is 4.70. The van der Waals surface area contributed by atoms with E-state index in [-0.39, 0.29) is 0 Å². The van der Waals surface area contributed by atoms with Gasteiger partial charge in [-0.3, -0.25) is 0 Å². The Morgan fingerprint density at radius 2 is 1.92 bits per heavy atom. The smallest absolute Gasteiger partial charge is 0.171 e. The van der Waals surface area contributed by atoms with Crippen LogP contribution in [0.2, 0.25) is 0 Å². The molecule has 4 rings (SSSR count). The summed E-state index contributed by atoms with van der Waals surface area (Å²) in [6.45, 7) is 3.15. The zero-order valence-corrected chi connectivity index (χ0v) is 14.6. The fourth-order valence-corrected chi connectivity index (χ4v) is 3.66. The Kier molecular flexibility index (Phi) is 4.12. The molecule has 2 aromatic heterocycles. The molecule has 1 saturated carbocycles. The molecular weight excluding hydrogens is 300 g/mol. The molecule has 6 nitrogen and oxygen atoms in total. The summed E-state index contributed by atoms with van der Waals surface area (Å²) in [4.78, 5) is 18.2. The van der Waals surface area contributed by atoms with E-state index in [1.54, 1.807) is 12.4 Å². The summed E-state index contributed by atoms with van der Waals surface area (Å²) in [6.07, 6.45) is 12.8. The molecule has 0 N–H and O–H groups in total. The first-order valence-electron chi connectivity index (χ1n) is 8.96. The normalized spacial score (nSPS) is 21.1. The summed E-state index contributed by atoms with van der Waals surface area (Å²) in [5.41, 5.74) is 0. The van der Waals surface area contributed by atoms with Crippen LogP contribution in [0.4, 0.5) is 11.6 Å². The predicted molar refractivity (Wildman–Crippen MR) is 95.5 cm³/mol. The van der Waals surface area contributed by atoms with Crippen molar-refractivity contribution in [3.63, 3.8) is 0 Å². The van der Waals surface area contributed by atoms with Crippen LogP contribution in [0.15, 0.2) is 24.8 Å². The van der Waals surface area contributed by atoms with Gasteiger partial charge in [-0.1, -0.05) is 0 Å². The maximum Gasteiger partial charge on any atom is 0.171 e. The van der Waals surface area contributed by atoms with Crippen molar-refractivity contribution >= 4 is 11.6 Å². The highest BCUT2D eigenvalue weighted by Crippen LogP contribution is 2.34. The van der Waals surface area contributed by atoms with Crippen LogP contribution >= 0.6 is 0 Å². The van der Waals surface area contributed by atoms with Crippen molar-refractivity contribution in [2.24, 2.45) is 5.92 Å². The van der Waals surface area contributed by atoms with Crippen LogP contribution in [-0.4, -0.2) is 46.7 Å². The third-order valence-electron chi connectivity index (χ3n) is 5.07. The van der Waals surface area contributed by atoms with Gasteiger partial charge < -0.3 is 14.4 Å². The number of piperidine rings is 1. The molecule has 3 heterocycles. The summed E-state index contributed by atoms with van der Waals surface area (Å²) in [5, 5.41) is 0. The minimum absolute atomic E-state index is 0.476. The van der Waals surface area contributed by atoms with Gasteiger partial charge in [0.15, 0.2) is 11.6 Å². The highest BCUT2D eigenvalue weighted by atomic mass is 15.3. The fourth-order valence-electron chi connectivity index (χ4n) is 3.66. The first-order chi connectivity index (χ1) is 11.7. The van der Waals surface area contributed by atoms with Gasteiger partial charge in [-0.2, -0.15) is 0 Å². The van der Waals surface area contributed by atoms with E-state index < -0.39 is 0 Å².